The molecule has 0 bridgehead atoms. The van der Waals surface area contributed by atoms with Gasteiger partial charge in [-0.2, -0.15) is 17.5 Å². The van der Waals surface area contributed by atoms with Crippen LogP contribution in [-0.4, -0.2) is 46.2 Å². The van der Waals surface area contributed by atoms with Crippen LogP contribution in [-0.2, 0) is 27.5 Å². The molecular weight excluding hydrogens is 550 g/mol. The summed E-state index contributed by atoms with van der Waals surface area (Å²) in [6, 6.07) is 5.05. The Morgan fingerprint density at radius 2 is 1.79 bits per heavy atom. The molecule has 1 saturated heterocycles. The second kappa shape index (κ2) is 8.42. The number of rotatable bonds is 6. The summed E-state index contributed by atoms with van der Waals surface area (Å²) in [4.78, 5) is 24.0. The van der Waals surface area contributed by atoms with Gasteiger partial charge in [-0.3, -0.25) is 9.78 Å². The fourth-order valence-electron chi connectivity index (χ4n) is 5.48. The number of hydrogen-bond donors (Lipinski definition) is 1. The van der Waals surface area contributed by atoms with Crippen LogP contribution in [0.3, 0.4) is 0 Å². The lowest BCUT2D eigenvalue weighted by atomic mass is 10.0. The Hall–Kier alpha value is -3.16. The van der Waals surface area contributed by atoms with Crippen molar-refractivity contribution in [3.8, 4) is 11.3 Å². The van der Waals surface area contributed by atoms with Crippen LogP contribution < -0.4 is 5.32 Å². The molecule has 4 atom stereocenters. The summed E-state index contributed by atoms with van der Waals surface area (Å²) in [6.45, 7) is 0.150. The fraction of sp³-hybridized carbons (Fsp3) is 0.333. The predicted octanol–water partition coefficient (Wildman–Crippen LogP) is 3.68. The number of aromatic nitrogens is 3. The van der Waals surface area contributed by atoms with E-state index in [2.05, 4.69) is 20.3 Å². The van der Waals surface area contributed by atoms with E-state index in [1.807, 2.05) is 0 Å². The minimum Gasteiger partial charge on any atom is -0.351 e. The first-order valence-corrected chi connectivity index (χ1v) is 13.3. The van der Waals surface area contributed by atoms with Crippen LogP contribution in [0.5, 0.6) is 0 Å². The van der Waals surface area contributed by atoms with Gasteiger partial charge in [-0.15, -0.1) is 0 Å². The first kappa shape index (κ1) is 25.1. The lowest BCUT2D eigenvalue weighted by Gasteiger charge is -2.26. The van der Waals surface area contributed by atoms with Gasteiger partial charge in [0.25, 0.3) is 0 Å². The Morgan fingerprint density at radius 3 is 2.42 bits per heavy atom. The van der Waals surface area contributed by atoms with E-state index in [0.717, 1.165) is 30.9 Å². The molecule has 3 aromatic rings. The molecule has 1 aromatic carbocycles. The normalized spacial score (nSPS) is 26.0. The molecule has 2 aliphatic carbocycles. The Balaban J connectivity index is 1.21. The Kier molecular flexibility index (Phi) is 5.57. The summed E-state index contributed by atoms with van der Waals surface area (Å²) in [5, 5.41) is 2.97. The van der Waals surface area contributed by atoms with Gasteiger partial charge in [-0.05, 0) is 54.2 Å². The molecule has 8 nitrogen and oxygen atoms in total. The van der Waals surface area contributed by atoms with E-state index in [0.29, 0.717) is 11.5 Å². The van der Waals surface area contributed by atoms with Gasteiger partial charge in [0.05, 0.1) is 15.6 Å². The standard InChI is InChI=1S/C24H18ClF4N5O3S/c25-18-10-30-19(13-8-32-22(33-9-13)24(27,28)29)5-12(18)7-31-21(35)20-23-6-16(23)17(23)11-34(20)38(36,37)15-3-1-14(26)2-4-15/h1-5,8-10,16-17,20H,6-7,11H2,(H,31,35)/t16?,17-,20-,23-/m1/s1. The molecule has 1 N–H and O–H groups in total. The quantitative estimate of drug-likeness (QED) is 0.456. The molecule has 1 spiro atoms. The van der Waals surface area contributed by atoms with Gasteiger partial charge in [0.1, 0.15) is 11.9 Å². The molecule has 2 aromatic heterocycles. The molecule has 38 heavy (non-hydrogen) atoms. The first-order valence-electron chi connectivity index (χ1n) is 11.5. The highest BCUT2D eigenvalue weighted by atomic mass is 35.5. The average molecular weight is 568 g/mol. The number of nitrogens with zero attached hydrogens (tertiary/aromatic N) is 4. The number of piperidine rings is 1. The van der Waals surface area contributed by atoms with Crippen LogP contribution in [0.1, 0.15) is 17.8 Å². The maximum Gasteiger partial charge on any atom is 0.451 e. The third kappa shape index (κ3) is 3.95. The van der Waals surface area contributed by atoms with Crippen LogP contribution in [0.25, 0.3) is 11.3 Å². The summed E-state index contributed by atoms with van der Waals surface area (Å²) < 4.78 is 79.5. The van der Waals surface area contributed by atoms with Gasteiger partial charge in [0.2, 0.25) is 21.8 Å². The molecule has 3 heterocycles. The molecule has 0 radical (unpaired) electrons. The number of benzene rings is 1. The summed E-state index contributed by atoms with van der Waals surface area (Å²) in [5.74, 6) is -1.90. The SMILES string of the molecule is O=C(NCc1cc(-c2cnc(C(F)(F)F)nc2)ncc1Cl)[C@H]1N(S(=O)(=O)c2ccc(F)cc2)C[C@@H]2C3C[C@@]321. The summed E-state index contributed by atoms with van der Waals surface area (Å²) in [5.41, 5.74) is 0.516. The third-order valence-electron chi connectivity index (χ3n) is 7.60. The number of carbonyl (C=O) groups is 1. The minimum absolute atomic E-state index is 0.0684. The van der Waals surface area contributed by atoms with Gasteiger partial charge >= 0.3 is 6.18 Å². The molecule has 1 amide bonds. The van der Waals surface area contributed by atoms with E-state index in [1.165, 1.54) is 28.7 Å². The largest absolute Gasteiger partial charge is 0.451 e. The van der Waals surface area contributed by atoms with Crippen LogP contribution in [0.2, 0.25) is 5.02 Å². The highest BCUT2D eigenvalue weighted by Crippen LogP contribution is 2.85. The Labute approximate surface area is 219 Å². The number of pyridine rings is 1. The highest BCUT2D eigenvalue weighted by Gasteiger charge is 2.87. The second-order valence-corrected chi connectivity index (χ2v) is 11.9. The summed E-state index contributed by atoms with van der Waals surface area (Å²) >= 11 is 6.25. The van der Waals surface area contributed by atoms with Crippen molar-refractivity contribution in [1.82, 2.24) is 24.6 Å². The number of fused-ring (bicyclic) bond motifs is 1. The van der Waals surface area contributed by atoms with Crippen molar-refractivity contribution in [3.05, 3.63) is 71.2 Å². The van der Waals surface area contributed by atoms with Gasteiger partial charge in [-0.1, -0.05) is 11.6 Å². The number of carbonyl (C=O) groups excluding carboxylic acids is 1. The third-order valence-corrected chi connectivity index (χ3v) is 9.79. The lowest BCUT2D eigenvalue weighted by Crippen LogP contribution is -2.48. The van der Waals surface area contributed by atoms with Crippen LogP contribution in [0.15, 0.2) is 53.8 Å². The molecule has 3 aliphatic rings. The van der Waals surface area contributed by atoms with Crippen molar-refractivity contribution in [1.29, 1.82) is 0 Å². The topological polar surface area (TPSA) is 105 Å². The highest BCUT2D eigenvalue weighted by molar-refractivity contribution is 7.89. The molecule has 1 unspecified atom stereocenters. The molecule has 198 valence electrons. The van der Waals surface area contributed by atoms with Crippen LogP contribution in [0.4, 0.5) is 17.6 Å². The molecule has 14 heteroatoms. The van der Waals surface area contributed by atoms with E-state index < -0.39 is 39.8 Å². The molecule has 3 fully saturated rings. The monoisotopic (exact) mass is 567 g/mol. The number of amides is 1. The first-order chi connectivity index (χ1) is 17.9. The van der Waals surface area contributed by atoms with Crippen molar-refractivity contribution in [2.45, 2.75) is 30.1 Å². The number of sulfonamides is 1. The number of hydrogen-bond acceptors (Lipinski definition) is 6. The van der Waals surface area contributed by atoms with Crippen LogP contribution in [0, 0.1) is 23.1 Å². The van der Waals surface area contributed by atoms with Crippen molar-refractivity contribution in [3.63, 3.8) is 0 Å². The van der Waals surface area contributed by atoms with Gasteiger partial charge in [-0.25, -0.2) is 22.8 Å². The van der Waals surface area contributed by atoms with E-state index in [-0.39, 0.29) is 45.6 Å². The smallest absolute Gasteiger partial charge is 0.351 e. The van der Waals surface area contributed by atoms with E-state index in [4.69, 9.17) is 11.6 Å². The molecule has 2 saturated carbocycles. The van der Waals surface area contributed by atoms with Gasteiger partial charge < -0.3 is 5.32 Å². The van der Waals surface area contributed by atoms with Crippen LogP contribution >= 0.6 is 11.6 Å². The zero-order valence-electron chi connectivity index (χ0n) is 19.3. The molecule has 6 rings (SSSR count). The maximum absolute atomic E-state index is 13.4. The van der Waals surface area contributed by atoms with Gasteiger partial charge in [0.15, 0.2) is 0 Å². The average Bonchev–Trinajstić information content (AvgIpc) is 3.73. The maximum atomic E-state index is 13.4. The molecular formula is C24H18ClF4N5O3S. The van der Waals surface area contributed by atoms with Crippen molar-refractivity contribution >= 4 is 27.5 Å². The van der Waals surface area contributed by atoms with Crippen molar-refractivity contribution < 1.29 is 30.8 Å². The summed E-state index contributed by atoms with van der Waals surface area (Å²) in [6.07, 6.45) is -0.640. The summed E-state index contributed by atoms with van der Waals surface area (Å²) in [7, 11) is -4.04. The number of halogens is 5. The van der Waals surface area contributed by atoms with E-state index in [9.17, 15) is 30.8 Å². The Bertz CT molecular complexity index is 1550. The Morgan fingerprint density at radius 1 is 1.11 bits per heavy atom. The van der Waals surface area contributed by atoms with Gasteiger partial charge in [0, 0.05) is 42.7 Å². The fourth-order valence-corrected chi connectivity index (χ4v) is 7.33. The van der Waals surface area contributed by atoms with E-state index in [1.54, 1.807) is 0 Å². The second-order valence-electron chi connectivity index (χ2n) is 9.63. The van der Waals surface area contributed by atoms with Crippen molar-refractivity contribution in [2.75, 3.05) is 6.54 Å². The van der Waals surface area contributed by atoms with E-state index >= 15 is 0 Å². The lowest BCUT2D eigenvalue weighted by molar-refractivity contribution is -0.145. The zero-order chi connectivity index (χ0) is 27.0. The number of alkyl halides is 3. The minimum atomic E-state index is -4.68. The number of nitrogens with one attached hydrogen (secondary N) is 1. The zero-order valence-corrected chi connectivity index (χ0v) is 20.9. The van der Waals surface area contributed by atoms with Crippen molar-refractivity contribution in [2.24, 2.45) is 17.3 Å². The predicted molar refractivity (Wildman–Crippen MR) is 125 cm³/mol. The molecule has 1 aliphatic heterocycles.